The van der Waals surface area contributed by atoms with Crippen LogP contribution >= 0.6 is 0 Å². The molecule has 5 nitrogen and oxygen atoms in total. The van der Waals surface area contributed by atoms with E-state index in [4.69, 9.17) is 5.11 Å². The van der Waals surface area contributed by atoms with E-state index in [0.29, 0.717) is 5.69 Å². The molecule has 0 fully saturated rings. The van der Waals surface area contributed by atoms with Gasteiger partial charge < -0.3 is 14.6 Å². The minimum absolute atomic E-state index is 0.263. The first kappa shape index (κ1) is 13.8. The van der Waals surface area contributed by atoms with Gasteiger partial charge >= 0.3 is 5.97 Å². The number of aliphatic carboxylic acids is 1. The van der Waals surface area contributed by atoms with Crippen molar-refractivity contribution in [3.63, 3.8) is 0 Å². The molecule has 0 bridgehead atoms. The largest absolute Gasteiger partial charge is 0.480 e. The second kappa shape index (κ2) is 5.56. The summed E-state index contributed by atoms with van der Waals surface area (Å²) in [5.41, 5.74) is 0.790. The second-order valence-electron chi connectivity index (χ2n) is 4.26. The molecule has 1 amide bonds. The molecule has 104 valence electrons. The predicted octanol–water partition coefficient (Wildman–Crippen LogP) is 1.99. The summed E-state index contributed by atoms with van der Waals surface area (Å²) in [6, 6.07) is 8.64. The van der Waals surface area contributed by atoms with Gasteiger partial charge in [-0.2, -0.15) is 0 Å². The Kier molecular flexibility index (Phi) is 3.84. The molecule has 0 saturated heterocycles. The molecule has 20 heavy (non-hydrogen) atoms. The van der Waals surface area contributed by atoms with Crippen LogP contribution in [0.25, 0.3) is 0 Å². The molecular weight excluding hydrogens is 263 g/mol. The molecule has 1 aromatic carbocycles. The molecule has 0 spiro atoms. The summed E-state index contributed by atoms with van der Waals surface area (Å²) < 4.78 is 14.2. The molecule has 0 saturated carbocycles. The fourth-order valence-corrected chi connectivity index (χ4v) is 1.85. The number of benzene rings is 1. The molecule has 0 radical (unpaired) electrons. The standard InChI is InChI=1S/C14H13FN2O3/c1-16(11-6-4-10(15)5-7-11)14(20)12-3-2-8-17(12)9-13(18)19/h2-8H,9H2,1H3,(H,18,19). The lowest BCUT2D eigenvalue weighted by molar-refractivity contribution is -0.137. The Morgan fingerprint density at radius 1 is 1.25 bits per heavy atom. The minimum Gasteiger partial charge on any atom is -0.480 e. The summed E-state index contributed by atoms with van der Waals surface area (Å²) in [6.07, 6.45) is 1.53. The van der Waals surface area contributed by atoms with Gasteiger partial charge in [0.15, 0.2) is 0 Å². The van der Waals surface area contributed by atoms with Crippen molar-refractivity contribution in [1.82, 2.24) is 4.57 Å². The van der Waals surface area contributed by atoms with E-state index in [0.717, 1.165) is 0 Å². The van der Waals surface area contributed by atoms with Crippen LogP contribution in [0.1, 0.15) is 10.5 Å². The Hall–Kier alpha value is -2.63. The molecule has 2 aromatic rings. The Balaban J connectivity index is 2.24. The van der Waals surface area contributed by atoms with Crippen LogP contribution in [0.15, 0.2) is 42.6 Å². The van der Waals surface area contributed by atoms with E-state index in [1.54, 1.807) is 19.2 Å². The van der Waals surface area contributed by atoms with Gasteiger partial charge in [-0.25, -0.2) is 4.39 Å². The van der Waals surface area contributed by atoms with Crippen LogP contribution in [0, 0.1) is 5.82 Å². The third-order valence-corrected chi connectivity index (χ3v) is 2.87. The van der Waals surface area contributed by atoms with Crippen LogP contribution in [-0.4, -0.2) is 28.6 Å². The number of carbonyl (C=O) groups is 2. The highest BCUT2D eigenvalue weighted by Crippen LogP contribution is 2.16. The van der Waals surface area contributed by atoms with Crippen molar-refractivity contribution >= 4 is 17.6 Å². The quantitative estimate of drug-likeness (QED) is 0.928. The number of amides is 1. The van der Waals surface area contributed by atoms with Gasteiger partial charge in [-0.1, -0.05) is 0 Å². The normalized spacial score (nSPS) is 10.3. The average Bonchev–Trinajstić information content (AvgIpc) is 2.85. The zero-order valence-corrected chi connectivity index (χ0v) is 10.8. The number of hydrogen-bond acceptors (Lipinski definition) is 2. The van der Waals surface area contributed by atoms with Crippen molar-refractivity contribution in [2.24, 2.45) is 0 Å². The van der Waals surface area contributed by atoms with E-state index in [2.05, 4.69) is 0 Å². The third kappa shape index (κ3) is 2.85. The number of carbonyl (C=O) groups excluding carboxylic acids is 1. The Bertz CT molecular complexity index is 634. The lowest BCUT2D eigenvalue weighted by Crippen LogP contribution is -2.29. The second-order valence-corrected chi connectivity index (χ2v) is 4.26. The van der Waals surface area contributed by atoms with Crippen molar-refractivity contribution in [2.75, 3.05) is 11.9 Å². The third-order valence-electron chi connectivity index (χ3n) is 2.87. The number of hydrogen-bond donors (Lipinski definition) is 1. The topological polar surface area (TPSA) is 62.5 Å². The highest BCUT2D eigenvalue weighted by atomic mass is 19.1. The lowest BCUT2D eigenvalue weighted by atomic mass is 10.2. The Labute approximate surface area is 114 Å². The van der Waals surface area contributed by atoms with Crippen molar-refractivity contribution in [2.45, 2.75) is 6.54 Å². The number of halogens is 1. The van der Waals surface area contributed by atoms with Crippen LogP contribution in [0.3, 0.4) is 0 Å². The van der Waals surface area contributed by atoms with Crippen LogP contribution in [0.4, 0.5) is 10.1 Å². The van der Waals surface area contributed by atoms with E-state index in [9.17, 15) is 14.0 Å². The van der Waals surface area contributed by atoms with Crippen LogP contribution in [-0.2, 0) is 11.3 Å². The van der Waals surface area contributed by atoms with Gasteiger partial charge in [0.2, 0.25) is 0 Å². The summed E-state index contributed by atoms with van der Waals surface area (Å²) in [5, 5.41) is 8.79. The van der Waals surface area contributed by atoms with Gasteiger partial charge in [-0.05, 0) is 36.4 Å². The fourth-order valence-electron chi connectivity index (χ4n) is 1.85. The molecule has 1 N–H and O–H groups in total. The van der Waals surface area contributed by atoms with Crippen LogP contribution < -0.4 is 4.90 Å². The van der Waals surface area contributed by atoms with Gasteiger partial charge in [0.1, 0.15) is 18.1 Å². The van der Waals surface area contributed by atoms with Gasteiger partial charge in [0.05, 0.1) is 0 Å². The number of rotatable bonds is 4. The molecule has 0 unspecified atom stereocenters. The van der Waals surface area contributed by atoms with Crippen molar-refractivity contribution in [3.8, 4) is 0 Å². The molecule has 0 aliphatic heterocycles. The van der Waals surface area contributed by atoms with Crippen LogP contribution in [0.5, 0.6) is 0 Å². The Morgan fingerprint density at radius 2 is 1.90 bits per heavy atom. The van der Waals surface area contributed by atoms with E-state index >= 15 is 0 Å². The summed E-state index contributed by atoms with van der Waals surface area (Å²) in [4.78, 5) is 24.4. The summed E-state index contributed by atoms with van der Waals surface area (Å²) in [6.45, 7) is -0.286. The molecular formula is C14H13FN2O3. The number of carboxylic acids is 1. The first-order valence-electron chi connectivity index (χ1n) is 5.89. The number of aromatic nitrogens is 1. The van der Waals surface area contributed by atoms with Gasteiger partial charge in [0.25, 0.3) is 5.91 Å². The maximum absolute atomic E-state index is 12.9. The van der Waals surface area contributed by atoms with E-state index in [-0.39, 0.29) is 24.0 Å². The average molecular weight is 276 g/mol. The first-order chi connectivity index (χ1) is 9.49. The number of nitrogens with zero attached hydrogens (tertiary/aromatic N) is 2. The summed E-state index contributed by atoms with van der Waals surface area (Å²) in [7, 11) is 1.55. The van der Waals surface area contributed by atoms with E-state index in [1.165, 1.54) is 39.9 Å². The SMILES string of the molecule is CN(C(=O)c1cccn1CC(=O)O)c1ccc(F)cc1. The predicted molar refractivity (Wildman–Crippen MR) is 71.2 cm³/mol. The van der Waals surface area contributed by atoms with Gasteiger partial charge in [-0.3, -0.25) is 9.59 Å². The van der Waals surface area contributed by atoms with Crippen molar-refractivity contribution in [1.29, 1.82) is 0 Å². The van der Waals surface area contributed by atoms with Crippen LogP contribution in [0.2, 0.25) is 0 Å². The zero-order chi connectivity index (χ0) is 14.7. The zero-order valence-electron chi connectivity index (χ0n) is 10.8. The van der Waals surface area contributed by atoms with Gasteiger partial charge in [0, 0.05) is 18.9 Å². The summed E-state index contributed by atoms with van der Waals surface area (Å²) in [5.74, 6) is -1.77. The molecule has 6 heteroatoms. The molecule has 1 aromatic heterocycles. The fraction of sp³-hybridized carbons (Fsp3) is 0.143. The van der Waals surface area contributed by atoms with E-state index in [1.807, 2.05) is 0 Å². The maximum Gasteiger partial charge on any atom is 0.323 e. The molecule has 0 aliphatic rings. The molecule has 2 rings (SSSR count). The highest BCUT2D eigenvalue weighted by Gasteiger charge is 2.18. The lowest BCUT2D eigenvalue weighted by Gasteiger charge is -2.18. The number of carboxylic acid groups (broad SMARTS) is 1. The maximum atomic E-state index is 12.9. The van der Waals surface area contributed by atoms with Crippen molar-refractivity contribution in [3.05, 3.63) is 54.1 Å². The van der Waals surface area contributed by atoms with Gasteiger partial charge in [-0.15, -0.1) is 0 Å². The number of anilines is 1. The minimum atomic E-state index is -1.03. The highest BCUT2D eigenvalue weighted by molar-refractivity contribution is 6.04. The molecule has 0 atom stereocenters. The van der Waals surface area contributed by atoms with E-state index < -0.39 is 5.97 Å². The molecule has 1 heterocycles. The van der Waals surface area contributed by atoms with Crippen molar-refractivity contribution < 1.29 is 19.1 Å². The molecule has 0 aliphatic carbocycles. The summed E-state index contributed by atoms with van der Waals surface area (Å²) >= 11 is 0. The smallest absolute Gasteiger partial charge is 0.323 e. The monoisotopic (exact) mass is 276 g/mol. The Morgan fingerprint density at radius 3 is 2.50 bits per heavy atom. The first-order valence-corrected chi connectivity index (χ1v) is 5.89.